The Balaban J connectivity index is 1.78. The van der Waals surface area contributed by atoms with Crippen LogP contribution in [0.5, 0.6) is 0 Å². The van der Waals surface area contributed by atoms with E-state index in [2.05, 4.69) is 20.5 Å². The quantitative estimate of drug-likeness (QED) is 0.480. The van der Waals surface area contributed by atoms with Crippen molar-refractivity contribution in [2.75, 3.05) is 23.3 Å². The second-order valence-corrected chi connectivity index (χ2v) is 7.44. The van der Waals surface area contributed by atoms with Gasteiger partial charge in [0.05, 0.1) is 5.75 Å². The Bertz CT molecular complexity index is 883. The standard InChI is InChI=1S/C13H16N6O3S2/c1-2-15-11-17-18-13(24-11)23-5-7(20)8-9(14)19(6-3-4-6)12(22)16-10(8)21/h6H,2-5,14H2,1H3,(H,15,17)(H,16,21,22). The number of Topliss-reactive ketones (excluding diaryl/α,β-unsaturated/α-hetero) is 1. The summed E-state index contributed by atoms with van der Waals surface area (Å²) < 4.78 is 1.91. The van der Waals surface area contributed by atoms with E-state index in [1.165, 1.54) is 27.7 Å². The summed E-state index contributed by atoms with van der Waals surface area (Å²) in [5.74, 6) is -0.493. The third-order valence-corrected chi connectivity index (χ3v) is 5.45. The maximum atomic E-state index is 12.4. The molecule has 128 valence electrons. The fourth-order valence-electron chi connectivity index (χ4n) is 2.22. The number of anilines is 2. The van der Waals surface area contributed by atoms with Gasteiger partial charge in [-0.3, -0.25) is 19.1 Å². The molecule has 1 saturated carbocycles. The van der Waals surface area contributed by atoms with Crippen LogP contribution in [0, 0.1) is 0 Å². The molecule has 24 heavy (non-hydrogen) atoms. The van der Waals surface area contributed by atoms with E-state index in [1.54, 1.807) is 0 Å². The molecule has 9 nitrogen and oxygen atoms in total. The number of ketones is 1. The SMILES string of the molecule is CCNc1nnc(SCC(=O)c2c(N)n(C3CC3)c(=O)[nH]c2=O)s1. The van der Waals surface area contributed by atoms with E-state index >= 15 is 0 Å². The van der Waals surface area contributed by atoms with Gasteiger partial charge >= 0.3 is 5.69 Å². The fourth-order valence-corrected chi connectivity index (χ4v) is 3.91. The number of aromatic amines is 1. The van der Waals surface area contributed by atoms with Crippen LogP contribution in [-0.4, -0.2) is 37.8 Å². The zero-order valence-corrected chi connectivity index (χ0v) is 14.5. The second-order valence-electron chi connectivity index (χ2n) is 5.24. The van der Waals surface area contributed by atoms with Crippen LogP contribution in [0.4, 0.5) is 10.9 Å². The largest absolute Gasteiger partial charge is 0.384 e. The highest BCUT2D eigenvalue weighted by Gasteiger charge is 2.30. The molecule has 0 unspecified atom stereocenters. The highest BCUT2D eigenvalue weighted by atomic mass is 32.2. The molecule has 4 N–H and O–H groups in total. The second kappa shape index (κ2) is 6.77. The first kappa shape index (κ1) is 16.7. The van der Waals surface area contributed by atoms with Crippen molar-refractivity contribution in [2.24, 2.45) is 0 Å². The summed E-state index contributed by atoms with van der Waals surface area (Å²) in [6.07, 6.45) is 1.63. The van der Waals surface area contributed by atoms with Crippen LogP contribution in [0.25, 0.3) is 0 Å². The number of nitrogen functional groups attached to an aromatic ring is 1. The lowest BCUT2D eigenvalue weighted by Gasteiger charge is -2.10. The summed E-state index contributed by atoms with van der Waals surface area (Å²) in [6, 6.07) is -0.0283. The third-order valence-electron chi connectivity index (χ3n) is 3.43. The molecule has 0 bridgehead atoms. The Kier molecular flexibility index (Phi) is 4.71. The van der Waals surface area contributed by atoms with E-state index in [0.29, 0.717) is 9.47 Å². The molecule has 0 radical (unpaired) electrons. The van der Waals surface area contributed by atoms with Gasteiger partial charge in [0.2, 0.25) is 5.13 Å². The lowest BCUT2D eigenvalue weighted by molar-refractivity contribution is 0.102. The Labute approximate surface area is 144 Å². The maximum absolute atomic E-state index is 12.4. The Hall–Kier alpha value is -2.14. The number of aromatic nitrogens is 4. The van der Waals surface area contributed by atoms with Crippen LogP contribution in [0.15, 0.2) is 13.9 Å². The number of nitrogens with two attached hydrogens (primary N) is 1. The Morgan fingerprint density at radius 2 is 2.21 bits per heavy atom. The molecule has 0 atom stereocenters. The molecule has 0 saturated heterocycles. The Morgan fingerprint density at radius 1 is 1.46 bits per heavy atom. The minimum atomic E-state index is -0.745. The fraction of sp³-hybridized carbons (Fsp3) is 0.462. The van der Waals surface area contributed by atoms with E-state index in [9.17, 15) is 14.4 Å². The van der Waals surface area contributed by atoms with Crippen molar-refractivity contribution in [2.45, 2.75) is 30.1 Å². The predicted octanol–water partition coefficient (Wildman–Crippen LogP) is 0.712. The first-order valence-electron chi connectivity index (χ1n) is 7.39. The van der Waals surface area contributed by atoms with E-state index < -0.39 is 17.0 Å². The predicted molar refractivity (Wildman–Crippen MR) is 93.1 cm³/mol. The molecule has 0 amide bonds. The van der Waals surface area contributed by atoms with Crippen molar-refractivity contribution < 1.29 is 4.79 Å². The van der Waals surface area contributed by atoms with Crippen molar-refractivity contribution >= 4 is 39.8 Å². The summed E-state index contributed by atoms with van der Waals surface area (Å²) in [6.45, 7) is 2.68. The van der Waals surface area contributed by atoms with Gasteiger partial charge in [-0.05, 0) is 19.8 Å². The molecule has 2 heterocycles. The van der Waals surface area contributed by atoms with Crippen molar-refractivity contribution in [1.29, 1.82) is 0 Å². The number of thioether (sulfide) groups is 1. The molecule has 0 aliphatic heterocycles. The average Bonchev–Trinajstić information content (AvgIpc) is 3.24. The van der Waals surface area contributed by atoms with Crippen molar-refractivity contribution in [3.05, 3.63) is 26.4 Å². The van der Waals surface area contributed by atoms with E-state index in [-0.39, 0.29) is 23.2 Å². The van der Waals surface area contributed by atoms with Gasteiger partial charge in [0, 0.05) is 12.6 Å². The van der Waals surface area contributed by atoms with Gasteiger partial charge in [0.1, 0.15) is 11.4 Å². The van der Waals surface area contributed by atoms with Crippen LogP contribution in [-0.2, 0) is 0 Å². The lowest BCUT2D eigenvalue weighted by atomic mass is 10.2. The molecular formula is C13H16N6O3S2. The highest BCUT2D eigenvalue weighted by Crippen LogP contribution is 2.35. The monoisotopic (exact) mass is 368 g/mol. The van der Waals surface area contributed by atoms with Gasteiger partial charge in [-0.15, -0.1) is 10.2 Å². The van der Waals surface area contributed by atoms with Gasteiger partial charge in [0.25, 0.3) is 5.56 Å². The smallest absolute Gasteiger partial charge is 0.330 e. The molecular weight excluding hydrogens is 352 g/mol. The maximum Gasteiger partial charge on any atom is 0.330 e. The molecule has 0 aromatic carbocycles. The molecule has 0 spiro atoms. The number of hydrogen-bond donors (Lipinski definition) is 3. The van der Waals surface area contributed by atoms with Crippen LogP contribution in [0.2, 0.25) is 0 Å². The lowest BCUT2D eigenvalue weighted by Crippen LogP contribution is -2.36. The van der Waals surface area contributed by atoms with Gasteiger partial charge in [-0.1, -0.05) is 23.1 Å². The number of nitrogens with one attached hydrogen (secondary N) is 2. The molecule has 2 aromatic heterocycles. The third kappa shape index (κ3) is 3.36. The summed E-state index contributed by atoms with van der Waals surface area (Å²) in [7, 11) is 0. The van der Waals surface area contributed by atoms with Gasteiger partial charge < -0.3 is 11.1 Å². The minimum absolute atomic E-state index is 0.00307. The zero-order chi connectivity index (χ0) is 17.3. The van der Waals surface area contributed by atoms with Crippen LogP contribution >= 0.6 is 23.1 Å². The van der Waals surface area contributed by atoms with Crippen molar-refractivity contribution in [3.63, 3.8) is 0 Å². The number of carbonyl (C=O) groups excluding carboxylic acids is 1. The van der Waals surface area contributed by atoms with Gasteiger partial charge in [-0.25, -0.2) is 4.79 Å². The molecule has 2 aromatic rings. The number of rotatable bonds is 7. The number of carbonyl (C=O) groups is 1. The van der Waals surface area contributed by atoms with Gasteiger partial charge in [-0.2, -0.15) is 0 Å². The number of hydrogen-bond acceptors (Lipinski definition) is 9. The van der Waals surface area contributed by atoms with E-state index in [4.69, 9.17) is 5.73 Å². The summed E-state index contributed by atoms with van der Waals surface area (Å²) in [4.78, 5) is 38.4. The molecule has 3 rings (SSSR count). The normalized spacial score (nSPS) is 13.9. The number of H-pyrrole nitrogens is 1. The number of nitrogens with zero attached hydrogens (tertiary/aromatic N) is 3. The van der Waals surface area contributed by atoms with Crippen LogP contribution in [0.1, 0.15) is 36.2 Å². The van der Waals surface area contributed by atoms with Crippen molar-refractivity contribution in [1.82, 2.24) is 19.7 Å². The van der Waals surface area contributed by atoms with E-state index in [1.807, 2.05) is 6.92 Å². The van der Waals surface area contributed by atoms with Gasteiger partial charge in [0.15, 0.2) is 10.1 Å². The topological polar surface area (TPSA) is 136 Å². The van der Waals surface area contributed by atoms with Crippen molar-refractivity contribution in [3.8, 4) is 0 Å². The van der Waals surface area contributed by atoms with Crippen LogP contribution < -0.4 is 22.3 Å². The zero-order valence-electron chi connectivity index (χ0n) is 12.9. The van der Waals surface area contributed by atoms with Crippen LogP contribution in [0.3, 0.4) is 0 Å². The summed E-state index contributed by atoms with van der Waals surface area (Å²) in [5, 5.41) is 11.6. The Morgan fingerprint density at radius 3 is 2.88 bits per heavy atom. The minimum Gasteiger partial charge on any atom is -0.384 e. The summed E-state index contributed by atoms with van der Waals surface area (Å²) >= 11 is 2.51. The highest BCUT2D eigenvalue weighted by molar-refractivity contribution is 8.01. The average molecular weight is 368 g/mol. The first-order valence-corrected chi connectivity index (χ1v) is 9.19. The molecule has 1 aliphatic rings. The van der Waals surface area contributed by atoms with E-state index in [0.717, 1.165) is 19.4 Å². The first-order chi connectivity index (χ1) is 11.5. The molecule has 1 fully saturated rings. The molecule has 1 aliphatic carbocycles. The molecule has 11 heteroatoms. The summed E-state index contributed by atoms with van der Waals surface area (Å²) in [5.41, 5.74) is 4.44.